The van der Waals surface area contributed by atoms with Crippen LogP contribution in [-0.2, 0) is 17.9 Å². The molecule has 3 rings (SSSR count). The first-order valence-corrected chi connectivity index (χ1v) is 7.89. The minimum Gasteiger partial charge on any atom is -0.467 e. The minimum atomic E-state index is -0.449. The van der Waals surface area contributed by atoms with Crippen LogP contribution in [0.1, 0.15) is 41.4 Å². The zero-order valence-corrected chi connectivity index (χ0v) is 13.1. The van der Waals surface area contributed by atoms with Crippen LogP contribution in [0, 0.1) is 0 Å². The molecule has 120 valence electrons. The Morgan fingerprint density at radius 1 is 1.30 bits per heavy atom. The molecule has 0 aliphatic carbocycles. The van der Waals surface area contributed by atoms with Gasteiger partial charge in [0.05, 0.1) is 12.8 Å². The Labute approximate surface area is 135 Å². The maximum Gasteiger partial charge on any atom is 0.255 e. The molecular weight excluding hydrogens is 292 g/mol. The second kappa shape index (κ2) is 6.69. The Morgan fingerprint density at radius 3 is 2.83 bits per heavy atom. The van der Waals surface area contributed by atoms with Crippen molar-refractivity contribution in [3.63, 3.8) is 0 Å². The lowest BCUT2D eigenvalue weighted by Gasteiger charge is -2.26. The van der Waals surface area contributed by atoms with E-state index < -0.39 is 6.04 Å². The summed E-state index contributed by atoms with van der Waals surface area (Å²) >= 11 is 0. The van der Waals surface area contributed by atoms with E-state index in [4.69, 9.17) is 4.42 Å². The van der Waals surface area contributed by atoms with Gasteiger partial charge in [-0.2, -0.15) is 0 Å². The summed E-state index contributed by atoms with van der Waals surface area (Å²) in [5, 5.41) is 2.87. The summed E-state index contributed by atoms with van der Waals surface area (Å²) in [6, 6.07) is 10.7. The zero-order chi connectivity index (χ0) is 16.2. The number of benzene rings is 1. The van der Waals surface area contributed by atoms with Crippen LogP contribution in [0.4, 0.5) is 0 Å². The van der Waals surface area contributed by atoms with Gasteiger partial charge in [0, 0.05) is 12.1 Å². The Balaban J connectivity index is 1.72. The van der Waals surface area contributed by atoms with Crippen molar-refractivity contribution in [3.8, 4) is 0 Å². The van der Waals surface area contributed by atoms with E-state index in [9.17, 15) is 9.59 Å². The Hall–Kier alpha value is -2.56. The highest BCUT2D eigenvalue weighted by Gasteiger charge is 2.35. The van der Waals surface area contributed by atoms with Crippen LogP contribution >= 0.6 is 0 Å². The van der Waals surface area contributed by atoms with Crippen molar-refractivity contribution < 1.29 is 14.0 Å². The summed E-state index contributed by atoms with van der Waals surface area (Å²) in [5.74, 6) is 0.501. The Morgan fingerprint density at radius 2 is 2.13 bits per heavy atom. The van der Waals surface area contributed by atoms with Gasteiger partial charge in [-0.15, -0.1) is 0 Å². The summed E-state index contributed by atoms with van der Waals surface area (Å²) < 4.78 is 5.23. The summed E-state index contributed by atoms with van der Waals surface area (Å²) in [5.41, 5.74) is 1.69. The van der Waals surface area contributed by atoms with E-state index in [1.54, 1.807) is 17.2 Å². The number of nitrogens with zero attached hydrogens (tertiary/aromatic N) is 1. The standard InChI is InChI=1S/C18H20N2O3/c1-2-6-16(17(21)19-11-14-8-5-10-23-14)20-12-13-7-3-4-9-15(13)18(20)22/h3-5,7-10,16H,2,6,11-12H2,1H3,(H,19,21). The van der Waals surface area contributed by atoms with E-state index in [0.717, 1.165) is 12.0 Å². The molecule has 2 heterocycles. The summed E-state index contributed by atoms with van der Waals surface area (Å²) in [6.07, 6.45) is 3.05. The second-order valence-corrected chi connectivity index (χ2v) is 5.69. The lowest BCUT2D eigenvalue weighted by Crippen LogP contribution is -2.46. The third kappa shape index (κ3) is 3.13. The highest BCUT2D eigenvalue weighted by atomic mass is 16.3. The van der Waals surface area contributed by atoms with Crippen molar-refractivity contribution in [1.29, 1.82) is 0 Å². The minimum absolute atomic E-state index is 0.0628. The average molecular weight is 312 g/mol. The first-order chi connectivity index (χ1) is 11.2. The zero-order valence-electron chi connectivity index (χ0n) is 13.1. The lowest BCUT2D eigenvalue weighted by atomic mass is 10.1. The molecule has 5 heteroatoms. The SMILES string of the molecule is CCCC(C(=O)NCc1ccco1)N1Cc2ccccc2C1=O. The van der Waals surface area contributed by atoms with Gasteiger partial charge in [-0.1, -0.05) is 31.5 Å². The predicted molar refractivity (Wildman–Crippen MR) is 85.6 cm³/mol. The molecule has 0 spiro atoms. The Kier molecular flexibility index (Phi) is 4.46. The first kappa shape index (κ1) is 15.3. The van der Waals surface area contributed by atoms with Crippen molar-refractivity contribution >= 4 is 11.8 Å². The van der Waals surface area contributed by atoms with Crippen molar-refractivity contribution in [2.45, 2.75) is 38.9 Å². The first-order valence-electron chi connectivity index (χ1n) is 7.89. The molecule has 0 fully saturated rings. The molecule has 1 aliphatic heterocycles. The van der Waals surface area contributed by atoms with Crippen LogP contribution in [0.15, 0.2) is 47.1 Å². The molecule has 5 nitrogen and oxygen atoms in total. The number of nitrogens with one attached hydrogen (secondary N) is 1. The van der Waals surface area contributed by atoms with E-state index >= 15 is 0 Å². The molecule has 1 aliphatic rings. The molecule has 0 radical (unpaired) electrons. The third-order valence-corrected chi connectivity index (χ3v) is 4.11. The number of furan rings is 1. The van der Waals surface area contributed by atoms with Crippen LogP contribution in [0.2, 0.25) is 0 Å². The fraction of sp³-hybridized carbons (Fsp3) is 0.333. The number of hydrogen-bond acceptors (Lipinski definition) is 3. The molecule has 0 saturated heterocycles. The molecule has 0 saturated carbocycles. The van der Waals surface area contributed by atoms with Crippen molar-refractivity contribution in [3.05, 3.63) is 59.5 Å². The van der Waals surface area contributed by atoms with E-state index in [0.29, 0.717) is 30.8 Å². The van der Waals surface area contributed by atoms with Crippen LogP contribution in [0.3, 0.4) is 0 Å². The normalized spacial score (nSPS) is 14.7. The van der Waals surface area contributed by atoms with Crippen LogP contribution in [0.5, 0.6) is 0 Å². The molecule has 2 aromatic rings. The highest BCUT2D eigenvalue weighted by molar-refractivity contribution is 6.01. The largest absolute Gasteiger partial charge is 0.467 e. The summed E-state index contributed by atoms with van der Waals surface area (Å²) in [7, 11) is 0. The predicted octanol–water partition coefficient (Wildman–Crippen LogP) is 2.72. The van der Waals surface area contributed by atoms with Crippen molar-refractivity contribution in [2.75, 3.05) is 0 Å². The molecule has 1 aromatic carbocycles. The maximum atomic E-state index is 12.6. The van der Waals surface area contributed by atoms with E-state index in [-0.39, 0.29) is 11.8 Å². The van der Waals surface area contributed by atoms with Crippen LogP contribution < -0.4 is 5.32 Å². The molecule has 1 aromatic heterocycles. The fourth-order valence-electron chi connectivity index (χ4n) is 2.94. The van der Waals surface area contributed by atoms with Gasteiger partial charge in [-0.3, -0.25) is 9.59 Å². The quantitative estimate of drug-likeness (QED) is 0.892. The van der Waals surface area contributed by atoms with Gasteiger partial charge in [0.15, 0.2) is 0 Å². The Bertz CT molecular complexity index is 694. The van der Waals surface area contributed by atoms with Gasteiger partial charge in [0.25, 0.3) is 5.91 Å². The topological polar surface area (TPSA) is 62.6 Å². The molecule has 0 bridgehead atoms. The monoisotopic (exact) mass is 312 g/mol. The van der Waals surface area contributed by atoms with Crippen molar-refractivity contribution in [1.82, 2.24) is 10.2 Å². The molecule has 1 atom stereocenters. The molecular formula is C18H20N2O3. The van der Waals surface area contributed by atoms with Gasteiger partial charge < -0.3 is 14.6 Å². The molecule has 1 N–H and O–H groups in total. The van der Waals surface area contributed by atoms with Crippen LogP contribution in [-0.4, -0.2) is 22.8 Å². The number of hydrogen-bond donors (Lipinski definition) is 1. The van der Waals surface area contributed by atoms with E-state index in [2.05, 4.69) is 5.32 Å². The summed E-state index contributed by atoms with van der Waals surface area (Å²) in [6.45, 7) is 2.84. The molecule has 23 heavy (non-hydrogen) atoms. The fourth-order valence-corrected chi connectivity index (χ4v) is 2.94. The third-order valence-electron chi connectivity index (χ3n) is 4.11. The number of rotatable bonds is 6. The maximum absolute atomic E-state index is 12.6. The number of fused-ring (bicyclic) bond motifs is 1. The smallest absolute Gasteiger partial charge is 0.255 e. The van der Waals surface area contributed by atoms with Gasteiger partial charge in [-0.05, 0) is 30.2 Å². The van der Waals surface area contributed by atoms with Gasteiger partial charge in [0.1, 0.15) is 11.8 Å². The van der Waals surface area contributed by atoms with Gasteiger partial charge in [0.2, 0.25) is 5.91 Å². The lowest BCUT2D eigenvalue weighted by molar-refractivity contribution is -0.126. The number of carbonyl (C=O) groups is 2. The molecule has 2 amide bonds. The number of carbonyl (C=O) groups excluding carboxylic acids is 2. The van der Waals surface area contributed by atoms with E-state index in [1.165, 1.54) is 0 Å². The van der Waals surface area contributed by atoms with Crippen LogP contribution in [0.25, 0.3) is 0 Å². The van der Waals surface area contributed by atoms with Gasteiger partial charge >= 0.3 is 0 Å². The highest BCUT2D eigenvalue weighted by Crippen LogP contribution is 2.26. The summed E-state index contributed by atoms with van der Waals surface area (Å²) in [4.78, 5) is 26.8. The van der Waals surface area contributed by atoms with Crippen molar-refractivity contribution in [2.24, 2.45) is 0 Å². The number of amides is 2. The average Bonchev–Trinajstić information content (AvgIpc) is 3.19. The second-order valence-electron chi connectivity index (χ2n) is 5.69. The molecule has 1 unspecified atom stereocenters. The van der Waals surface area contributed by atoms with Gasteiger partial charge in [-0.25, -0.2) is 0 Å². The van der Waals surface area contributed by atoms with E-state index in [1.807, 2.05) is 37.3 Å².